The van der Waals surface area contributed by atoms with E-state index in [0.29, 0.717) is 10.8 Å². The number of fused-ring (bicyclic) bond motifs is 3. The standard InChI is InChI=1S/C20H17ClN2O2/c1-11-19-15(5-6-22-11)17-9-14(21)8-16(20(17)23-19)12-3-4-18(25-2)13(7-12)10-24/h3-9,23-24H,10H2,1-2H3. The molecule has 0 atom stereocenters. The topological polar surface area (TPSA) is 58.1 Å². The predicted molar refractivity (Wildman–Crippen MR) is 101 cm³/mol. The molecule has 0 unspecified atom stereocenters. The van der Waals surface area contributed by atoms with Gasteiger partial charge in [-0.25, -0.2) is 0 Å². The lowest BCUT2D eigenvalue weighted by molar-refractivity contribution is 0.274. The van der Waals surface area contributed by atoms with Crippen LogP contribution in [0.3, 0.4) is 0 Å². The summed E-state index contributed by atoms with van der Waals surface area (Å²) in [5.41, 5.74) is 5.65. The van der Waals surface area contributed by atoms with Crippen molar-refractivity contribution in [2.75, 3.05) is 7.11 Å². The molecule has 25 heavy (non-hydrogen) atoms. The van der Waals surface area contributed by atoms with E-state index >= 15 is 0 Å². The van der Waals surface area contributed by atoms with Crippen LogP contribution in [-0.2, 0) is 6.61 Å². The number of rotatable bonds is 3. The van der Waals surface area contributed by atoms with Gasteiger partial charge in [-0.1, -0.05) is 17.7 Å². The number of benzene rings is 2. The first kappa shape index (κ1) is 15.9. The van der Waals surface area contributed by atoms with Crippen molar-refractivity contribution < 1.29 is 9.84 Å². The molecule has 4 nitrogen and oxygen atoms in total. The minimum atomic E-state index is -0.0869. The molecule has 2 N–H and O–H groups in total. The van der Waals surface area contributed by atoms with E-state index in [0.717, 1.165) is 44.2 Å². The Bertz CT molecular complexity index is 1100. The fourth-order valence-electron chi connectivity index (χ4n) is 3.32. The molecular formula is C20H17ClN2O2. The van der Waals surface area contributed by atoms with Crippen LogP contribution in [0.4, 0.5) is 0 Å². The van der Waals surface area contributed by atoms with E-state index in [9.17, 15) is 5.11 Å². The van der Waals surface area contributed by atoms with Crippen molar-refractivity contribution in [2.24, 2.45) is 0 Å². The molecule has 5 heteroatoms. The second-order valence-corrected chi connectivity index (χ2v) is 6.44. The normalized spacial score (nSPS) is 11.4. The molecule has 2 aromatic carbocycles. The van der Waals surface area contributed by atoms with Gasteiger partial charge in [0.1, 0.15) is 5.75 Å². The summed E-state index contributed by atoms with van der Waals surface area (Å²) in [4.78, 5) is 7.86. The molecule has 126 valence electrons. The maximum atomic E-state index is 9.62. The molecule has 4 rings (SSSR count). The average molecular weight is 353 g/mol. The van der Waals surface area contributed by atoms with Crippen LogP contribution in [0, 0.1) is 6.92 Å². The summed E-state index contributed by atoms with van der Waals surface area (Å²) in [6.45, 7) is 1.90. The molecule has 4 aromatic rings. The van der Waals surface area contributed by atoms with E-state index in [-0.39, 0.29) is 6.61 Å². The van der Waals surface area contributed by atoms with E-state index in [2.05, 4.69) is 9.97 Å². The molecule has 0 bridgehead atoms. The maximum absolute atomic E-state index is 9.62. The molecule has 0 radical (unpaired) electrons. The number of nitrogens with one attached hydrogen (secondary N) is 1. The van der Waals surface area contributed by atoms with Gasteiger partial charge in [0.2, 0.25) is 0 Å². The van der Waals surface area contributed by atoms with Crippen molar-refractivity contribution >= 4 is 33.4 Å². The van der Waals surface area contributed by atoms with Crippen molar-refractivity contribution in [2.45, 2.75) is 13.5 Å². The molecule has 0 saturated carbocycles. The number of H-pyrrole nitrogens is 1. The van der Waals surface area contributed by atoms with E-state index < -0.39 is 0 Å². The first-order valence-corrected chi connectivity index (χ1v) is 8.35. The van der Waals surface area contributed by atoms with E-state index in [1.165, 1.54) is 0 Å². The van der Waals surface area contributed by atoms with Crippen LogP contribution in [0.15, 0.2) is 42.6 Å². The van der Waals surface area contributed by atoms with Crippen molar-refractivity contribution in [3.05, 3.63) is 58.9 Å². The maximum Gasteiger partial charge on any atom is 0.124 e. The number of halogens is 1. The van der Waals surface area contributed by atoms with Crippen molar-refractivity contribution in [1.82, 2.24) is 9.97 Å². The molecule has 0 amide bonds. The molecule has 0 aliphatic carbocycles. The van der Waals surface area contributed by atoms with Crippen LogP contribution < -0.4 is 4.74 Å². The Balaban J connectivity index is 2.05. The van der Waals surface area contributed by atoms with Crippen molar-refractivity contribution in [1.29, 1.82) is 0 Å². The number of aromatic nitrogens is 2. The third-order valence-electron chi connectivity index (χ3n) is 4.55. The quantitative estimate of drug-likeness (QED) is 0.554. The van der Waals surface area contributed by atoms with Gasteiger partial charge < -0.3 is 14.8 Å². The highest BCUT2D eigenvalue weighted by Crippen LogP contribution is 2.37. The van der Waals surface area contributed by atoms with Crippen LogP contribution >= 0.6 is 11.6 Å². The fourth-order valence-corrected chi connectivity index (χ4v) is 3.54. The summed E-state index contributed by atoms with van der Waals surface area (Å²) in [6.07, 6.45) is 1.81. The number of methoxy groups -OCH3 is 1. The lowest BCUT2D eigenvalue weighted by Gasteiger charge is -2.10. The zero-order valence-corrected chi connectivity index (χ0v) is 14.7. The second-order valence-electron chi connectivity index (χ2n) is 6.00. The largest absolute Gasteiger partial charge is 0.496 e. The van der Waals surface area contributed by atoms with Crippen LogP contribution in [-0.4, -0.2) is 22.2 Å². The molecule has 0 spiro atoms. The Labute approximate surface area is 150 Å². The first-order valence-electron chi connectivity index (χ1n) is 7.97. The third-order valence-corrected chi connectivity index (χ3v) is 4.76. The Hall–Kier alpha value is -2.56. The monoisotopic (exact) mass is 352 g/mol. The first-order chi connectivity index (χ1) is 12.1. The Morgan fingerprint density at radius 3 is 2.72 bits per heavy atom. The number of aromatic amines is 1. The van der Waals surface area contributed by atoms with E-state index in [4.69, 9.17) is 16.3 Å². The fraction of sp³-hybridized carbons (Fsp3) is 0.150. The van der Waals surface area contributed by atoms with Crippen LogP contribution in [0.2, 0.25) is 5.02 Å². The molecule has 0 fully saturated rings. The van der Waals surface area contributed by atoms with Crippen molar-refractivity contribution in [3.8, 4) is 16.9 Å². The summed E-state index contributed by atoms with van der Waals surface area (Å²) in [7, 11) is 1.60. The predicted octanol–water partition coefficient (Wildman–Crippen LogP) is 4.85. The Kier molecular flexibility index (Phi) is 3.86. The highest BCUT2D eigenvalue weighted by Gasteiger charge is 2.14. The molecule has 2 aromatic heterocycles. The number of pyridine rings is 1. The summed E-state index contributed by atoms with van der Waals surface area (Å²) < 4.78 is 5.30. The number of ether oxygens (including phenoxy) is 1. The van der Waals surface area contributed by atoms with Crippen molar-refractivity contribution in [3.63, 3.8) is 0 Å². The molecule has 0 saturated heterocycles. The summed E-state index contributed by atoms with van der Waals surface area (Å²) in [5.74, 6) is 0.668. The van der Waals surface area contributed by atoms with Crippen LogP contribution in [0.1, 0.15) is 11.3 Å². The average Bonchev–Trinajstić information content (AvgIpc) is 3.00. The van der Waals surface area contributed by atoms with Gasteiger partial charge in [0.25, 0.3) is 0 Å². The van der Waals surface area contributed by atoms with Gasteiger partial charge in [-0.15, -0.1) is 0 Å². The third kappa shape index (κ3) is 2.54. The SMILES string of the molecule is COc1ccc(-c2cc(Cl)cc3c2[nH]c2c(C)nccc23)cc1CO. The van der Waals surface area contributed by atoms with Gasteiger partial charge in [-0.3, -0.25) is 4.98 Å². The number of hydrogen-bond acceptors (Lipinski definition) is 3. The Morgan fingerprint density at radius 1 is 1.12 bits per heavy atom. The van der Waals surface area contributed by atoms with Crippen LogP contribution in [0.25, 0.3) is 32.9 Å². The van der Waals surface area contributed by atoms with Gasteiger partial charge in [-0.05, 0) is 42.8 Å². The van der Waals surface area contributed by atoms with Gasteiger partial charge in [0.05, 0.1) is 30.4 Å². The molecule has 0 aliphatic rings. The zero-order valence-electron chi connectivity index (χ0n) is 13.9. The minimum Gasteiger partial charge on any atom is -0.496 e. The van der Waals surface area contributed by atoms with Gasteiger partial charge >= 0.3 is 0 Å². The molecule has 0 aliphatic heterocycles. The lowest BCUT2D eigenvalue weighted by Crippen LogP contribution is -1.93. The van der Waals surface area contributed by atoms with E-state index in [1.807, 2.05) is 49.5 Å². The smallest absolute Gasteiger partial charge is 0.124 e. The van der Waals surface area contributed by atoms with Gasteiger partial charge in [-0.2, -0.15) is 0 Å². The summed E-state index contributed by atoms with van der Waals surface area (Å²) in [6, 6.07) is 11.7. The van der Waals surface area contributed by atoms with Gasteiger partial charge in [0.15, 0.2) is 0 Å². The summed E-state index contributed by atoms with van der Waals surface area (Å²) in [5, 5.41) is 12.4. The molecule has 2 heterocycles. The number of aliphatic hydroxyl groups excluding tert-OH is 1. The highest BCUT2D eigenvalue weighted by molar-refractivity contribution is 6.32. The zero-order chi connectivity index (χ0) is 17.6. The minimum absolute atomic E-state index is 0.0869. The lowest BCUT2D eigenvalue weighted by atomic mass is 10.00. The van der Waals surface area contributed by atoms with Gasteiger partial charge in [0, 0.05) is 33.1 Å². The second kappa shape index (κ2) is 6.06. The number of hydrogen-bond donors (Lipinski definition) is 2. The van der Waals surface area contributed by atoms with E-state index in [1.54, 1.807) is 7.11 Å². The number of nitrogens with zero attached hydrogens (tertiary/aromatic N) is 1. The van der Waals surface area contributed by atoms with Crippen LogP contribution in [0.5, 0.6) is 5.75 Å². The number of aliphatic hydroxyl groups is 1. The Morgan fingerprint density at radius 2 is 1.96 bits per heavy atom. The summed E-state index contributed by atoms with van der Waals surface area (Å²) >= 11 is 6.40. The highest BCUT2D eigenvalue weighted by atomic mass is 35.5. The number of aryl methyl sites for hydroxylation is 1. The molecular weight excluding hydrogens is 336 g/mol.